The molecule has 21 heavy (non-hydrogen) atoms. The molecule has 0 bridgehead atoms. The van der Waals surface area contributed by atoms with Crippen LogP contribution in [-0.4, -0.2) is 19.3 Å². The highest BCUT2D eigenvalue weighted by Gasteiger charge is 2.30. The Morgan fingerprint density at radius 3 is 2.71 bits per heavy atom. The molecule has 1 saturated carbocycles. The lowest BCUT2D eigenvalue weighted by atomic mass is 9.93. The number of fused-ring (bicyclic) bond motifs is 1. The predicted molar refractivity (Wildman–Crippen MR) is 84.9 cm³/mol. The fourth-order valence-electron chi connectivity index (χ4n) is 3.68. The number of hydrogen-bond acceptors (Lipinski definition) is 3. The van der Waals surface area contributed by atoms with E-state index in [0.717, 1.165) is 49.5 Å². The Morgan fingerprint density at radius 1 is 1.14 bits per heavy atom. The molecule has 1 aromatic carbocycles. The van der Waals surface area contributed by atoms with Crippen molar-refractivity contribution in [2.45, 2.75) is 52.1 Å². The van der Waals surface area contributed by atoms with Crippen molar-refractivity contribution in [2.24, 2.45) is 11.8 Å². The monoisotopic (exact) mass is 289 g/mol. The average Bonchev–Trinajstić information content (AvgIpc) is 2.72. The highest BCUT2D eigenvalue weighted by Crippen LogP contribution is 2.34. The van der Waals surface area contributed by atoms with Crippen LogP contribution in [0, 0.1) is 11.8 Å². The maximum absolute atomic E-state index is 5.76. The molecule has 1 heterocycles. The second-order valence-electron chi connectivity index (χ2n) is 6.42. The van der Waals surface area contributed by atoms with E-state index in [2.05, 4.69) is 31.3 Å². The molecule has 0 spiro atoms. The summed E-state index contributed by atoms with van der Waals surface area (Å²) in [6.45, 7) is 7.13. The zero-order valence-corrected chi connectivity index (χ0v) is 13.2. The molecular formula is C18H27NO2. The standard InChI is InChI=1S/C18H27NO2/c1-3-15-6-7-16(13(15)2)19-12-14-5-8-17-18(11-14)21-10-4-9-20-17/h5,8,11,13,15-16,19H,3-4,6-7,9-10,12H2,1-2H3. The molecule has 2 aliphatic rings. The van der Waals surface area contributed by atoms with Crippen molar-refractivity contribution in [2.75, 3.05) is 13.2 Å². The summed E-state index contributed by atoms with van der Waals surface area (Å²) in [4.78, 5) is 0. The van der Waals surface area contributed by atoms with Crippen LogP contribution in [0.5, 0.6) is 11.5 Å². The lowest BCUT2D eigenvalue weighted by Crippen LogP contribution is -2.32. The van der Waals surface area contributed by atoms with Gasteiger partial charge in [0, 0.05) is 19.0 Å². The van der Waals surface area contributed by atoms with Crippen LogP contribution >= 0.6 is 0 Å². The summed E-state index contributed by atoms with van der Waals surface area (Å²) in [5, 5.41) is 3.74. The topological polar surface area (TPSA) is 30.5 Å². The van der Waals surface area contributed by atoms with Crippen molar-refractivity contribution < 1.29 is 9.47 Å². The van der Waals surface area contributed by atoms with Gasteiger partial charge in [0.1, 0.15) is 0 Å². The maximum Gasteiger partial charge on any atom is 0.161 e. The van der Waals surface area contributed by atoms with Crippen molar-refractivity contribution in [3.8, 4) is 11.5 Å². The van der Waals surface area contributed by atoms with E-state index in [0.29, 0.717) is 6.04 Å². The summed E-state index contributed by atoms with van der Waals surface area (Å²) in [6.07, 6.45) is 4.95. The second kappa shape index (κ2) is 6.69. The van der Waals surface area contributed by atoms with Gasteiger partial charge in [0.15, 0.2) is 11.5 Å². The lowest BCUT2D eigenvalue weighted by molar-refractivity contribution is 0.297. The fourth-order valence-corrected chi connectivity index (χ4v) is 3.68. The molecule has 0 saturated heterocycles. The highest BCUT2D eigenvalue weighted by atomic mass is 16.5. The van der Waals surface area contributed by atoms with Crippen LogP contribution in [-0.2, 0) is 6.54 Å². The van der Waals surface area contributed by atoms with Crippen molar-refractivity contribution in [1.29, 1.82) is 0 Å². The minimum Gasteiger partial charge on any atom is -0.490 e. The van der Waals surface area contributed by atoms with Crippen LogP contribution in [0.3, 0.4) is 0 Å². The number of nitrogens with one attached hydrogen (secondary N) is 1. The zero-order valence-electron chi connectivity index (χ0n) is 13.2. The Balaban J connectivity index is 1.60. The number of ether oxygens (including phenoxy) is 2. The molecule has 1 aliphatic heterocycles. The molecule has 0 amide bonds. The van der Waals surface area contributed by atoms with Gasteiger partial charge < -0.3 is 14.8 Å². The Morgan fingerprint density at radius 2 is 1.95 bits per heavy atom. The van der Waals surface area contributed by atoms with E-state index in [1.165, 1.54) is 24.8 Å². The minimum absolute atomic E-state index is 0.658. The molecule has 1 aliphatic carbocycles. The van der Waals surface area contributed by atoms with Crippen molar-refractivity contribution in [3.63, 3.8) is 0 Å². The lowest BCUT2D eigenvalue weighted by Gasteiger charge is -2.21. The van der Waals surface area contributed by atoms with Crippen LogP contribution in [0.15, 0.2) is 18.2 Å². The van der Waals surface area contributed by atoms with E-state index in [-0.39, 0.29) is 0 Å². The summed E-state index contributed by atoms with van der Waals surface area (Å²) < 4.78 is 11.4. The van der Waals surface area contributed by atoms with E-state index >= 15 is 0 Å². The predicted octanol–water partition coefficient (Wildman–Crippen LogP) is 3.76. The van der Waals surface area contributed by atoms with Gasteiger partial charge in [0.25, 0.3) is 0 Å². The molecule has 116 valence electrons. The van der Waals surface area contributed by atoms with Crippen LogP contribution in [0.2, 0.25) is 0 Å². The maximum atomic E-state index is 5.76. The SMILES string of the molecule is CCC1CCC(NCc2ccc3c(c2)OCCCO3)C1C. The first kappa shape index (κ1) is 14.7. The third kappa shape index (κ3) is 3.34. The largest absolute Gasteiger partial charge is 0.490 e. The minimum atomic E-state index is 0.658. The number of hydrogen-bond donors (Lipinski definition) is 1. The van der Waals surface area contributed by atoms with Crippen molar-refractivity contribution in [3.05, 3.63) is 23.8 Å². The first-order valence-electron chi connectivity index (χ1n) is 8.40. The Hall–Kier alpha value is -1.22. The van der Waals surface area contributed by atoms with Crippen LogP contribution < -0.4 is 14.8 Å². The molecule has 3 atom stereocenters. The number of rotatable bonds is 4. The van der Waals surface area contributed by atoms with E-state index in [1.54, 1.807) is 0 Å². The fraction of sp³-hybridized carbons (Fsp3) is 0.667. The normalized spacial score (nSPS) is 28.4. The molecule has 3 unspecified atom stereocenters. The molecule has 3 rings (SSSR count). The first-order chi connectivity index (χ1) is 10.3. The summed E-state index contributed by atoms with van der Waals surface area (Å²) in [7, 11) is 0. The molecule has 0 radical (unpaired) electrons. The third-order valence-electron chi connectivity index (χ3n) is 5.13. The Labute approximate surface area is 128 Å². The van der Waals surface area contributed by atoms with E-state index < -0.39 is 0 Å². The molecule has 1 fully saturated rings. The van der Waals surface area contributed by atoms with Crippen LogP contribution in [0.25, 0.3) is 0 Å². The Kier molecular flexibility index (Phi) is 4.69. The smallest absolute Gasteiger partial charge is 0.161 e. The number of benzene rings is 1. The zero-order chi connectivity index (χ0) is 14.7. The van der Waals surface area contributed by atoms with Gasteiger partial charge in [-0.15, -0.1) is 0 Å². The first-order valence-corrected chi connectivity index (χ1v) is 8.40. The van der Waals surface area contributed by atoms with Gasteiger partial charge in [-0.25, -0.2) is 0 Å². The van der Waals surface area contributed by atoms with Gasteiger partial charge in [-0.05, 0) is 42.4 Å². The summed E-state index contributed by atoms with van der Waals surface area (Å²) >= 11 is 0. The van der Waals surface area contributed by atoms with Gasteiger partial charge in [-0.1, -0.05) is 26.3 Å². The third-order valence-corrected chi connectivity index (χ3v) is 5.13. The summed E-state index contributed by atoms with van der Waals surface area (Å²) in [5.41, 5.74) is 1.28. The molecule has 0 aromatic heterocycles. The molecule has 1 aromatic rings. The van der Waals surface area contributed by atoms with Crippen molar-refractivity contribution in [1.82, 2.24) is 5.32 Å². The van der Waals surface area contributed by atoms with Gasteiger partial charge in [0.2, 0.25) is 0 Å². The highest BCUT2D eigenvalue weighted by molar-refractivity contribution is 5.43. The molecular weight excluding hydrogens is 262 g/mol. The molecule has 3 nitrogen and oxygen atoms in total. The van der Waals surface area contributed by atoms with E-state index in [1.807, 2.05) is 6.07 Å². The van der Waals surface area contributed by atoms with Crippen LogP contribution in [0.4, 0.5) is 0 Å². The van der Waals surface area contributed by atoms with Gasteiger partial charge in [0.05, 0.1) is 13.2 Å². The average molecular weight is 289 g/mol. The molecule has 3 heteroatoms. The molecule has 1 N–H and O–H groups in total. The van der Waals surface area contributed by atoms with Crippen LogP contribution in [0.1, 0.15) is 45.1 Å². The van der Waals surface area contributed by atoms with E-state index in [9.17, 15) is 0 Å². The summed E-state index contributed by atoms with van der Waals surface area (Å²) in [6, 6.07) is 6.98. The second-order valence-corrected chi connectivity index (χ2v) is 6.42. The Bertz CT molecular complexity index is 474. The van der Waals surface area contributed by atoms with Gasteiger partial charge >= 0.3 is 0 Å². The van der Waals surface area contributed by atoms with Crippen molar-refractivity contribution >= 4 is 0 Å². The summed E-state index contributed by atoms with van der Waals surface area (Å²) in [5.74, 6) is 3.47. The quantitative estimate of drug-likeness (QED) is 0.915. The van der Waals surface area contributed by atoms with Gasteiger partial charge in [-0.3, -0.25) is 0 Å². The van der Waals surface area contributed by atoms with E-state index in [4.69, 9.17) is 9.47 Å². The van der Waals surface area contributed by atoms with Gasteiger partial charge in [-0.2, -0.15) is 0 Å².